The molecule has 0 N–H and O–H groups in total. The van der Waals surface area contributed by atoms with Crippen molar-refractivity contribution in [1.82, 2.24) is 29.9 Å². The number of ether oxygens (including phenoxy) is 6. The van der Waals surface area contributed by atoms with Crippen LogP contribution >= 0.6 is 0 Å². The van der Waals surface area contributed by atoms with E-state index in [0.717, 1.165) is 33.4 Å². The van der Waals surface area contributed by atoms with Gasteiger partial charge >= 0.3 is 0 Å². The van der Waals surface area contributed by atoms with Crippen LogP contribution in [0.5, 0.6) is 69.0 Å². The maximum Gasteiger partial charge on any atom is 0.127 e. The molecular formula is C84H54N6O6. The lowest BCUT2D eigenvalue weighted by molar-refractivity contribution is 0.482. The minimum atomic E-state index is 0.447. The second-order valence-corrected chi connectivity index (χ2v) is 22.5. The van der Waals surface area contributed by atoms with E-state index in [1.54, 1.807) is 0 Å². The predicted molar refractivity (Wildman–Crippen MR) is 377 cm³/mol. The van der Waals surface area contributed by atoms with Crippen LogP contribution in [0.25, 0.3) is 101 Å². The van der Waals surface area contributed by atoms with Crippen molar-refractivity contribution in [3.05, 3.63) is 328 Å². The fourth-order valence-corrected chi connectivity index (χ4v) is 11.3. The van der Waals surface area contributed by atoms with Crippen molar-refractivity contribution in [3.63, 3.8) is 0 Å². The van der Waals surface area contributed by atoms with Crippen LogP contribution < -0.4 is 28.4 Å². The molecule has 16 rings (SSSR count). The lowest BCUT2D eigenvalue weighted by atomic mass is 10.0. The standard InChI is InChI=1S/C84H54N6O6/c1-7-19-61(20-8-1)91-67-43-31-55(32-44-67)73-74(56-33-45-68(46-34-56)92-62-21-9-2-10-22-62)86-80-79(85-73)81-83(89-76(58-37-49-70(50-38-58)94-64-25-13-4-14-26-64)75(87-81)57-35-47-69(48-36-57)93-63-23-11-3-12-24-63)84-82(80)88-77(59-39-51-71(52-40-59)95-65-27-15-5-16-28-65)78(90-84)60-41-53-72(54-42-60)96-66-29-17-6-18-30-66/h1-54H. The van der Waals surface area contributed by atoms with E-state index in [-0.39, 0.29) is 0 Å². The van der Waals surface area contributed by atoms with Gasteiger partial charge in [-0.05, 0) is 218 Å². The molecule has 12 heteroatoms. The molecule has 0 atom stereocenters. The summed E-state index contributed by atoms with van der Waals surface area (Å²) < 4.78 is 38.0. The quantitative estimate of drug-likeness (QED) is 0.0757. The van der Waals surface area contributed by atoms with Gasteiger partial charge in [0.2, 0.25) is 0 Å². The number of para-hydroxylation sites is 6. The highest BCUT2D eigenvalue weighted by Crippen LogP contribution is 2.44. The Labute approximate surface area is 552 Å². The molecule has 3 heterocycles. The summed E-state index contributed by atoms with van der Waals surface area (Å²) in [7, 11) is 0. The molecule has 0 amide bonds. The summed E-state index contributed by atoms with van der Waals surface area (Å²) in [4.78, 5) is 34.6. The van der Waals surface area contributed by atoms with Crippen LogP contribution in [0.3, 0.4) is 0 Å². The molecule has 0 spiro atoms. The molecule has 16 aromatic rings. The van der Waals surface area contributed by atoms with Crippen molar-refractivity contribution in [2.45, 2.75) is 0 Å². The molecule has 3 aromatic heterocycles. The smallest absolute Gasteiger partial charge is 0.127 e. The highest BCUT2D eigenvalue weighted by Gasteiger charge is 2.27. The number of hydrogen-bond donors (Lipinski definition) is 0. The van der Waals surface area contributed by atoms with E-state index in [0.29, 0.717) is 136 Å². The van der Waals surface area contributed by atoms with E-state index in [9.17, 15) is 0 Å². The Balaban J connectivity index is 0.957. The largest absolute Gasteiger partial charge is 0.457 e. The lowest BCUT2D eigenvalue weighted by Crippen LogP contribution is -2.04. The zero-order valence-electron chi connectivity index (χ0n) is 51.3. The van der Waals surface area contributed by atoms with Gasteiger partial charge in [-0.2, -0.15) is 0 Å². The number of fused-ring (bicyclic) bond motifs is 6. The van der Waals surface area contributed by atoms with Gasteiger partial charge in [-0.3, -0.25) is 0 Å². The minimum Gasteiger partial charge on any atom is -0.457 e. The van der Waals surface area contributed by atoms with E-state index >= 15 is 0 Å². The van der Waals surface area contributed by atoms with E-state index in [2.05, 4.69) is 0 Å². The Morgan fingerprint density at radius 3 is 0.365 bits per heavy atom. The van der Waals surface area contributed by atoms with Gasteiger partial charge in [0.1, 0.15) is 102 Å². The molecule has 12 nitrogen and oxygen atoms in total. The van der Waals surface area contributed by atoms with E-state index in [4.69, 9.17) is 58.3 Å². The molecule has 0 aliphatic rings. The van der Waals surface area contributed by atoms with Crippen LogP contribution in [0.15, 0.2) is 328 Å². The fraction of sp³-hybridized carbons (Fsp3) is 0. The highest BCUT2D eigenvalue weighted by molar-refractivity contribution is 6.20. The minimum absolute atomic E-state index is 0.447. The first-order valence-electron chi connectivity index (χ1n) is 31.3. The fourth-order valence-electron chi connectivity index (χ4n) is 11.3. The van der Waals surface area contributed by atoms with Crippen LogP contribution in [-0.4, -0.2) is 29.9 Å². The number of aromatic nitrogens is 6. The second kappa shape index (κ2) is 26.1. The summed E-state index contributed by atoms with van der Waals surface area (Å²) in [6.07, 6.45) is 0. The SMILES string of the molecule is c1ccc(Oc2ccc(-c3nc4c5nc(-c6ccc(Oc7ccccc7)cc6)c(-c6ccc(Oc7ccccc7)cc6)nc5c5nc(-c6ccc(Oc7ccccc7)cc6)c(-c6ccc(Oc7ccccc7)cc6)nc5c4nc3-c3ccc(Oc4ccccc4)cc3)cc2)cc1. The summed E-state index contributed by atoms with van der Waals surface area (Å²) >= 11 is 0. The predicted octanol–water partition coefficient (Wildman–Crippen LogP) is 22.3. The molecule has 0 aliphatic heterocycles. The number of benzene rings is 13. The number of rotatable bonds is 18. The summed E-state index contributed by atoms with van der Waals surface area (Å²) in [6.45, 7) is 0. The normalized spacial score (nSPS) is 11.1. The van der Waals surface area contributed by atoms with Gasteiger partial charge in [-0.25, -0.2) is 29.9 Å². The maximum absolute atomic E-state index is 6.34. The molecule has 0 unspecified atom stereocenters. The lowest BCUT2D eigenvalue weighted by Gasteiger charge is -2.18. The first-order chi connectivity index (χ1) is 47.5. The van der Waals surface area contributed by atoms with E-state index in [1.807, 2.05) is 328 Å². The maximum atomic E-state index is 6.34. The number of nitrogens with zero attached hydrogens (tertiary/aromatic N) is 6. The summed E-state index contributed by atoms with van der Waals surface area (Å²) in [5.41, 5.74) is 10.8. The van der Waals surface area contributed by atoms with Crippen LogP contribution in [0.4, 0.5) is 0 Å². The molecular weight excluding hydrogens is 1190 g/mol. The molecule has 0 saturated carbocycles. The molecule has 13 aromatic carbocycles. The van der Waals surface area contributed by atoms with Crippen molar-refractivity contribution in [2.75, 3.05) is 0 Å². The summed E-state index contributed by atoms with van der Waals surface area (Å²) in [5, 5.41) is 0. The van der Waals surface area contributed by atoms with Gasteiger partial charge in [0, 0.05) is 33.4 Å². The average molecular weight is 1240 g/mol. The van der Waals surface area contributed by atoms with Gasteiger partial charge in [-0.15, -0.1) is 0 Å². The second-order valence-electron chi connectivity index (χ2n) is 22.5. The number of hydrogen-bond acceptors (Lipinski definition) is 12. The van der Waals surface area contributed by atoms with Crippen molar-refractivity contribution in [1.29, 1.82) is 0 Å². The summed E-state index contributed by atoms with van der Waals surface area (Å²) in [6, 6.07) is 105. The Bertz CT molecular complexity index is 4470. The first kappa shape index (κ1) is 57.8. The van der Waals surface area contributed by atoms with Gasteiger partial charge in [0.15, 0.2) is 0 Å². The summed E-state index contributed by atoms with van der Waals surface area (Å²) in [5.74, 6) is 8.19. The average Bonchev–Trinajstić information content (AvgIpc) is 0.715. The van der Waals surface area contributed by atoms with Crippen LogP contribution in [-0.2, 0) is 0 Å². The Morgan fingerprint density at radius 2 is 0.240 bits per heavy atom. The van der Waals surface area contributed by atoms with Crippen molar-refractivity contribution in [3.8, 4) is 137 Å². The monoisotopic (exact) mass is 1240 g/mol. The van der Waals surface area contributed by atoms with Crippen molar-refractivity contribution >= 4 is 33.1 Å². The Morgan fingerprint density at radius 1 is 0.125 bits per heavy atom. The van der Waals surface area contributed by atoms with Crippen molar-refractivity contribution in [2.24, 2.45) is 0 Å². The third-order valence-electron chi connectivity index (χ3n) is 16.0. The third-order valence-corrected chi connectivity index (χ3v) is 16.0. The molecule has 0 bridgehead atoms. The third kappa shape index (κ3) is 12.5. The topological polar surface area (TPSA) is 133 Å². The molecule has 0 aliphatic carbocycles. The Kier molecular flexibility index (Phi) is 15.7. The van der Waals surface area contributed by atoms with Crippen LogP contribution in [0, 0.1) is 0 Å². The molecule has 456 valence electrons. The van der Waals surface area contributed by atoms with Crippen LogP contribution in [0.2, 0.25) is 0 Å². The Hall–Kier alpha value is -13.3. The molecule has 96 heavy (non-hydrogen) atoms. The molecule has 0 fully saturated rings. The van der Waals surface area contributed by atoms with Gasteiger partial charge in [-0.1, -0.05) is 109 Å². The van der Waals surface area contributed by atoms with Gasteiger partial charge < -0.3 is 28.4 Å². The zero-order valence-corrected chi connectivity index (χ0v) is 51.3. The zero-order chi connectivity index (χ0) is 64.0. The molecule has 0 radical (unpaired) electrons. The van der Waals surface area contributed by atoms with Gasteiger partial charge in [0.05, 0.1) is 34.2 Å². The first-order valence-corrected chi connectivity index (χ1v) is 31.3. The highest BCUT2D eigenvalue weighted by atomic mass is 16.5. The molecule has 0 saturated heterocycles. The van der Waals surface area contributed by atoms with Crippen LogP contribution in [0.1, 0.15) is 0 Å². The van der Waals surface area contributed by atoms with Crippen molar-refractivity contribution < 1.29 is 28.4 Å². The van der Waals surface area contributed by atoms with E-state index < -0.39 is 0 Å². The van der Waals surface area contributed by atoms with Gasteiger partial charge in [0.25, 0.3) is 0 Å². The van der Waals surface area contributed by atoms with E-state index in [1.165, 1.54) is 0 Å².